The lowest BCUT2D eigenvalue weighted by Crippen LogP contribution is -2.25. The number of epoxide rings is 1. The van der Waals surface area contributed by atoms with Gasteiger partial charge in [0.2, 0.25) is 5.91 Å². The zero-order valence-corrected chi connectivity index (χ0v) is 8.35. The number of ether oxygens (including phenoxy) is 1. The van der Waals surface area contributed by atoms with Crippen LogP contribution in [0.3, 0.4) is 0 Å². The summed E-state index contributed by atoms with van der Waals surface area (Å²) in [6, 6.07) is 9.73. The van der Waals surface area contributed by atoms with Crippen LogP contribution >= 0.6 is 0 Å². The van der Waals surface area contributed by atoms with E-state index in [1.165, 1.54) is 6.08 Å². The van der Waals surface area contributed by atoms with Crippen molar-refractivity contribution in [1.29, 1.82) is 0 Å². The van der Waals surface area contributed by atoms with Gasteiger partial charge in [-0.2, -0.15) is 0 Å². The molecule has 0 radical (unpaired) electrons. The minimum absolute atomic E-state index is 0.0747. The second-order valence-electron chi connectivity index (χ2n) is 3.44. The van der Waals surface area contributed by atoms with Crippen LogP contribution < -0.4 is 5.32 Å². The molecule has 0 bridgehead atoms. The molecule has 0 spiro atoms. The predicted molar refractivity (Wildman–Crippen MR) is 58.2 cm³/mol. The first-order chi connectivity index (χ1) is 7.34. The molecule has 2 rings (SSSR count). The number of benzene rings is 1. The molecule has 1 aromatic rings. The molecule has 3 nitrogen and oxygen atoms in total. The highest BCUT2D eigenvalue weighted by molar-refractivity contribution is 5.91. The van der Waals surface area contributed by atoms with E-state index < -0.39 is 0 Å². The summed E-state index contributed by atoms with van der Waals surface area (Å²) in [5.74, 6) is -0.0747. The van der Waals surface area contributed by atoms with E-state index in [-0.39, 0.29) is 12.0 Å². The van der Waals surface area contributed by atoms with Gasteiger partial charge in [-0.3, -0.25) is 4.79 Å². The Labute approximate surface area is 88.8 Å². The van der Waals surface area contributed by atoms with E-state index in [9.17, 15) is 4.79 Å². The fourth-order valence-electron chi connectivity index (χ4n) is 1.20. The first-order valence-corrected chi connectivity index (χ1v) is 4.97. The quantitative estimate of drug-likeness (QED) is 0.590. The van der Waals surface area contributed by atoms with E-state index in [1.54, 1.807) is 6.08 Å². The molecule has 0 saturated carbocycles. The van der Waals surface area contributed by atoms with Crippen molar-refractivity contribution in [3.05, 3.63) is 42.0 Å². The maximum absolute atomic E-state index is 11.3. The third-order valence-corrected chi connectivity index (χ3v) is 2.13. The Balaban J connectivity index is 1.79. The standard InChI is InChI=1S/C12H13NO2/c14-12(13-8-11-9-15-11)7-6-10-4-2-1-3-5-10/h1-7,11H,8-9H2,(H,13,14)/b7-6+/t11-/m1/s1. The van der Waals surface area contributed by atoms with Crippen molar-refractivity contribution in [1.82, 2.24) is 5.32 Å². The molecule has 1 aromatic carbocycles. The van der Waals surface area contributed by atoms with Crippen molar-refractivity contribution in [2.75, 3.05) is 13.2 Å². The van der Waals surface area contributed by atoms with Gasteiger partial charge in [0.15, 0.2) is 0 Å². The summed E-state index contributed by atoms with van der Waals surface area (Å²) in [5, 5.41) is 2.76. The van der Waals surface area contributed by atoms with Gasteiger partial charge in [0, 0.05) is 12.6 Å². The minimum Gasteiger partial charge on any atom is -0.371 e. The number of nitrogens with one attached hydrogen (secondary N) is 1. The summed E-state index contributed by atoms with van der Waals surface area (Å²) >= 11 is 0. The summed E-state index contributed by atoms with van der Waals surface area (Å²) in [4.78, 5) is 11.3. The molecule has 0 aliphatic carbocycles. The van der Waals surface area contributed by atoms with Crippen LogP contribution in [0.1, 0.15) is 5.56 Å². The fraction of sp³-hybridized carbons (Fsp3) is 0.250. The van der Waals surface area contributed by atoms with E-state index in [2.05, 4.69) is 5.32 Å². The van der Waals surface area contributed by atoms with Crippen molar-refractivity contribution < 1.29 is 9.53 Å². The van der Waals surface area contributed by atoms with Gasteiger partial charge < -0.3 is 10.1 Å². The van der Waals surface area contributed by atoms with Crippen LogP contribution in [-0.2, 0) is 9.53 Å². The molecule has 0 aromatic heterocycles. The van der Waals surface area contributed by atoms with Crippen molar-refractivity contribution in [2.45, 2.75) is 6.10 Å². The highest BCUT2D eigenvalue weighted by Crippen LogP contribution is 2.06. The van der Waals surface area contributed by atoms with Crippen molar-refractivity contribution in [2.24, 2.45) is 0 Å². The Morgan fingerprint density at radius 3 is 2.87 bits per heavy atom. The first kappa shape index (κ1) is 9.93. The monoisotopic (exact) mass is 203 g/mol. The fourth-order valence-corrected chi connectivity index (χ4v) is 1.20. The lowest BCUT2D eigenvalue weighted by Gasteiger charge is -1.97. The van der Waals surface area contributed by atoms with Gasteiger partial charge in [0.25, 0.3) is 0 Å². The Morgan fingerprint density at radius 2 is 2.20 bits per heavy atom. The molecular formula is C12H13NO2. The number of rotatable bonds is 4. The molecule has 1 saturated heterocycles. The van der Waals surface area contributed by atoms with Crippen molar-refractivity contribution >= 4 is 12.0 Å². The number of hydrogen-bond donors (Lipinski definition) is 1. The average molecular weight is 203 g/mol. The van der Waals surface area contributed by atoms with Crippen LogP contribution in [0.25, 0.3) is 6.08 Å². The van der Waals surface area contributed by atoms with Gasteiger partial charge in [0.05, 0.1) is 12.7 Å². The van der Waals surface area contributed by atoms with E-state index >= 15 is 0 Å². The summed E-state index contributed by atoms with van der Waals surface area (Å²) in [6.45, 7) is 1.38. The Morgan fingerprint density at radius 1 is 1.47 bits per heavy atom. The molecule has 78 valence electrons. The number of carbonyl (C=O) groups is 1. The molecule has 1 amide bonds. The summed E-state index contributed by atoms with van der Waals surface area (Å²) in [7, 11) is 0. The highest BCUT2D eigenvalue weighted by Gasteiger charge is 2.22. The van der Waals surface area contributed by atoms with Gasteiger partial charge in [-0.15, -0.1) is 0 Å². The average Bonchev–Trinajstić information content (AvgIpc) is 3.09. The molecule has 1 atom stereocenters. The second-order valence-corrected chi connectivity index (χ2v) is 3.44. The van der Waals surface area contributed by atoms with E-state index in [4.69, 9.17) is 4.74 Å². The van der Waals surface area contributed by atoms with Gasteiger partial charge in [-0.25, -0.2) is 0 Å². The van der Waals surface area contributed by atoms with Gasteiger partial charge in [0.1, 0.15) is 0 Å². The van der Waals surface area contributed by atoms with E-state index in [0.717, 1.165) is 12.2 Å². The topological polar surface area (TPSA) is 41.6 Å². The molecule has 1 heterocycles. The normalized spacial score (nSPS) is 19.1. The van der Waals surface area contributed by atoms with Crippen LogP contribution in [0.2, 0.25) is 0 Å². The maximum atomic E-state index is 11.3. The third-order valence-electron chi connectivity index (χ3n) is 2.13. The SMILES string of the molecule is O=C(/C=C/c1ccccc1)NC[C@@H]1CO1. The van der Waals surface area contributed by atoms with Crippen LogP contribution in [0, 0.1) is 0 Å². The molecule has 1 aliphatic rings. The number of hydrogen-bond acceptors (Lipinski definition) is 2. The number of carbonyl (C=O) groups excluding carboxylic acids is 1. The molecular weight excluding hydrogens is 190 g/mol. The summed E-state index contributed by atoms with van der Waals surface area (Å²) < 4.78 is 4.98. The Hall–Kier alpha value is -1.61. The predicted octanol–water partition coefficient (Wildman–Crippen LogP) is 1.21. The van der Waals surface area contributed by atoms with Gasteiger partial charge >= 0.3 is 0 Å². The molecule has 15 heavy (non-hydrogen) atoms. The second kappa shape index (κ2) is 4.75. The van der Waals surface area contributed by atoms with E-state index in [1.807, 2.05) is 30.3 Å². The molecule has 0 unspecified atom stereocenters. The number of amides is 1. The van der Waals surface area contributed by atoms with Crippen molar-refractivity contribution in [3.8, 4) is 0 Å². The lowest BCUT2D eigenvalue weighted by molar-refractivity contribution is -0.116. The third kappa shape index (κ3) is 3.56. The lowest BCUT2D eigenvalue weighted by atomic mass is 10.2. The zero-order valence-electron chi connectivity index (χ0n) is 8.35. The Kier molecular flexibility index (Phi) is 3.15. The largest absolute Gasteiger partial charge is 0.371 e. The smallest absolute Gasteiger partial charge is 0.244 e. The molecule has 1 fully saturated rings. The van der Waals surface area contributed by atoms with Crippen LogP contribution in [0.15, 0.2) is 36.4 Å². The van der Waals surface area contributed by atoms with E-state index in [0.29, 0.717) is 6.54 Å². The van der Waals surface area contributed by atoms with Crippen molar-refractivity contribution in [3.63, 3.8) is 0 Å². The molecule has 1 N–H and O–H groups in total. The first-order valence-electron chi connectivity index (χ1n) is 4.97. The Bertz CT molecular complexity index is 355. The molecule has 3 heteroatoms. The molecule has 1 aliphatic heterocycles. The summed E-state index contributed by atoms with van der Waals surface area (Å²) in [6.07, 6.45) is 3.57. The van der Waals surface area contributed by atoms with Crippen LogP contribution in [-0.4, -0.2) is 25.2 Å². The van der Waals surface area contributed by atoms with Crippen LogP contribution in [0.5, 0.6) is 0 Å². The summed E-state index contributed by atoms with van der Waals surface area (Å²) in [5.41, 5.74) is 1.02. The van der Waals surface area contributed by atoms with Gasteiger partial charge in [-0.05, 0) is 11.6 Å². The highest BCUT2D eigenvalue weighted by atomic mass is 16.6. The van der Waals surface area contributed by atoms with Gasteiger partial charge in [-0.1, -0.05) is 30.3 Å². The zero-order chi connectivity index (χ0) is 10.5. The minimum atomic E-state index is -0.0747. The maximum Gasteiger partial charge on any atom is 0.244 e. The van der Waals surface area contributed by atoms with Crippen LogP contribution in [0.4, 0.5) is 0 Å².